The third kappa shape index (κ3) is 4.94. The summed E-state index contributed by atoms with van der Waals surface area (Å²) in [6, 6.07) is 10.9. The predicted molar refractivity (Wildman–Crippen MR) is 105 cm³/mol. The standard InChI is InChI=1S/C20H26N2O4S/c1-14-9-18(11-19(15(14)2)27(24,25)22(3)4)20(23)21-12-16-7-6-8-17(10-16)13-26-5/h6-11H,12-13H2,1-5H3,(H,21,23). The van der Waals surface area contributed by atoms with E-state index < -0.39 is 10.0 Å². The summed E-state index contributed by atoms with van der Waals surface area (Å²) in [5.74, 6) is -0.314. The number of sulfonamides is 1. The highest BCUT2D eigenvalue weighted by molar-refractivity contribution is 7.89. The maximum Gasteiger partial charge on any atom is 0.251 e. The molecule has 27 heavy (non-hydrogen) atoms. The van der Waals surface area contributed by atoms with E-state index in [-0.39, 0.29) is 10.8 Å². The van der Waals surface area contributed by atoms with Crippen molar-refractivity contribution in [2.75, 3.05) is 21.2 Å². The Hall–Kier alpha value is -2.22. The lowest BCUT2D eigenvalue weighted by atomic mass is 10.1. The Bertz CT molecular complexity index is 937. The Kier molecular flexibility index (Phi) is 6.75. The van der Waals surface area contributed by atoms with E-state index in [0.717, 1.165) is 21.0 Å². The second-order valence-corrected chi connectivity index (χ2v) is 8.76. The summed E-state index contributed by atoms with van der Waals surface area (Å²) < 4.78 is 31.3. The summed E-state index contributed by atoms with van der Waals surface area (Å²) in [5.41, 5.74) is 3.70. The smallest absolute Gasteiger partial charge is 0.251 e. The first-order valence-electron chi connectivity index (χ1n) is 8.55. The van der Waals surface area contributed by atoms with Crippen molar-refractivity contribution < 1.29 is 17.9 Å². The molecule has 6 nitrogen and oxygen atoms in total. The Labute approximate surface area is 161 Å². The minimum Gasteiger partial charge on any atom is -0.380 e. The molecule has 0 atom stereocenters. The minimum absolute atomic E-state index is 0.153. The van der Waals surface area contributed by atoms with E-state index in [1.54, 1.807) is 27.0 Å². The van der Waals surface area contributed by atoms with Gasteiger partial charge in [0.1, 0.15) is 0 Å². The summed E-state index contributed by atoms with van der Waals surface area (Å²) in [7, 11) is 0.959. The van der Waals surface area contributed by atoms with Gasteiger partial charge in [-0.15, -0.1) is 0 Å². The van der Waals surface area contributed by atoms with Crippen molar-refractivity contribution in [3.05, 3.63) is 64.2 Å². The molecule has 2 aromatic carbocycles. The summed E-state index contributed by atoms with van der Waals surface area (Å²) in [5, 5.41) is 2.85. The number of hydrogen-bond donors (Lipinski definition) is 1. The van der Waals surface area contributed by atoms with Crippen LogP contribution in [0.3, 0.4) is 0 Å². The zero-order chi connectivity index (χ0) is 20.2. The lowest BCUT2D eigenvalue weighted by Crippen LogP contribution is -2.26. The zero-order valence-corrected chi connectivity index (χ0v) is 17.2. The fourth-order valence-corrected chi connectivity index (χ4v) is 3.92. The van der Waals surface area contributed by atoms with Crippen molar-refractivity contribution in [1.29, 1.82) is 0 Å². The van der Waals surface area contributed by atoms with Crippen LogP contribution in [0.5, 0.6) is 0 Å². The highest BCUT2D eigenvalue weighted by Crippen LogP contribution is 2.23. The first kappa shape index (κ1) is 21.1. The van der Waals surface area contributed by atoms with Crippen molar-refractivity contribution in [2.24, 2.45) is 0 Å². The fraction of sp³-hybridized carbons (Fsp3) is 0.350. The normalized spacial score (nSPS) is 11.6. The van der Waals surface area contributed by atoms with Gasteiger partial charge < -0.3 is 10.1 Å². The van der Waals surface area contributed by atoms with Gasteiger partial charge in [0.05, 0.1) is 11.5 Å². The van der Waals surface area contributed by atoms with E-state index in [2.05, 4.69) is 5.32 Å². The number of nitrogens with one attached hydrogen (secondary N) is 1. The minimum atomic E-state index is -3.63. The average Bonchev–Trinajstić information content (AvgIpc) is 2.62. The molecule has 0 saturated carbocycles. The Morgan fingerprint density at radius 2 is 1.78 bits per heavy atom. The number of amides is 1. The summed E-state index contributed by atoms with van der Waals surface area (Å²) in [4.78, 5) is 12.7. The predicted octanol–water partition coefficient (Wildman–Crippen LogP) is 2.63. The topological polar surface area (TPSA) is 75.7 Å². The number of hydrogen-bond acceptors (Lipinski definition) is 4. The largest absolute Gasteiger partial charge is 0.380 e. The first-order valence-corrected chi connectivity index (χ1v) is 9.99. The molecule has 1 N–H and O–H groups in total. The third-order valence-electron chi connectivity index (χ3n) is 4.40. The monoisotopic (exact) mass is 390 g/mol. The molecule has 0 aliphatic rings. The van der Waals surface area contributed by atoms with E-state index in [0.29, 0.717) is 24.3 Å². The molecule has 2 rings (SSSR count). The average molecular weight is 391 g/mol. The Morgan fingerprint density at radius 3 is 2.41 bits per heavy atom. The second kappa shape index (κ2) is 8.65. The quantitative estimate of drug-likeness (QED) is 0.789. The molecule has 1 amide bonds. The molecule has 0 unspecified atom stereocenters. The van der Waals surface area contributed by atoms with E-state index >= 15 is 0 Å². The van der Waals surface area contributed by atoms with Crippen LogP contribution in [0.4, 0.5) is 0 Å². The van der Waals surface area contributed by atoms with Crippen LogP contribution in [0, 0.1) is 13.8 Å². The van der Waals surface area contributed by atoms with Crippen LogP contribution < -0.4 is 5.32 Å². The van der Waals surface area contributed by atoms with Gasteiger partial charge in [0.25, 0.3) is 5.91 Å². The van der Waals surface area contributed by atoms with Crippen molar-refractivity contribution >= 4 is 15.9 Å². The number of nitrogens with zero attached hydrogens (tertiary/aromatic N) is 1. The maximum absolute atomic E-state index is 12.6. The van der Waals surface area contributed by atoms with Gasteiger partial charge in [-0.25, -0.2) is 12.7 Å². The van der Waals surface area contributed by atoms with Crippen molar-refractivity contribution in [1.82, 2.24) is 9.62 Å². The Balaban J connectivity index is 2.24. The lowest BCUT2D eigenvalue weighted by Gasteiger charge is -2.16. The number of aryl methyl sites for hydroxylation is 1. The van der Waals surface area contributed by atoms with Crippen molar-refractivity contribution in [2.45, 2.75) is 31.9 Å². The number of benzene rings is 2. The summed E-state index contributed by atoms with van der Waals surface area (Å²) in [6.45, 7) is 4.40. The molecular formula is C20H26N2O4S. The van der Waals surface area contributed by atoms with Gasteiger partial charge in [-0.2, -0.15) is 0 Å². The molecule has 2 aromatic rings. The third-order valence-corrected chi connectivity index (χ3v) is 6.34. The van der Waals surface area contributed by atoms with Crippen LogP contribution in [-0.2, 0) is 27.9 Å². The van der Waals surface area contributed by atoms with Crippen LogP contribution in [-0.4, -0.2) is 39.8 Å². The van der Waals surface area contributed by atoms with Crippen LogP contribution >= 0.6 is 0 Å². The number of carbonyl (C=O) groups excluding carboxylic acids is 1. The fourth-order valence-electron chi connectivity index (χ4n) is 2.70. The molecule has 0 spiro atoms. The van der Waals surface area contributed by atoms with Crippen molar-refractivity contribution in [3.63, 3.8) is 0 Å². The molecule has 0 aliphatic carbocycles. The number of carbonyl (C=O) groups is 1. The summed E-state index contributed by atoms with van der Waals surface area (Å²) in [6.07, 6.45) is 0. The highest BCUT2D eigenvalue weighted by atomic mass is 32.2. The molecule has 0 aromatic heterocycles. The van der Waals surface area contributed by atoms with E-state index in [1.165, 1.54) is 20.2 Å². The number of methoxy groups -OCH3 is 1. The van der Waals surface area contributed by atoms with Gasteiger partial charge in [0, 0.05) is 33.3 Å². The molecule has 0 radical (unpaired) electrons. The van der Waals surface area contributed by atoms with Crippen molar-refractivity contribution in [3.8, 4) is 0 Å². The molecule has 146 valence electrons. The van der Waals surface area contributed by atoms with Crippen LogP contribution in [0.2, 0.25) is 0 Å². The second-order valence-electron chi connectivity index (χ2n) is 6.64. The van der Waals surface area contributed by atoms with Gasteiger partial charge in [-0.1, -0.05) is 24.3 Å². The maximum atomic E-state index is 12.6. The van der Waals surface area contributed by atoms with Crippen LogP contribution in [0.15, 0.2) is 41.3 Å². The lowest BCUT2D eigenvalue weighted by molar-refractivity contribution is 0.0950. The zero-order valence-electron chi connectivity index (χ0n) is 16.4. The van der Waals surface area contributed by atoms with E-state index in [9.17, 15) is 13.2 Å². The van der Waals surface area contributed by atoms with Gasteiger partial charge in [0.2, 0.25) is 10.0 Å². The van der Waals surface area contributed by atoms with Gasteiger partial charge in [-0.3, -0.25) is 4.79 Å². The molecule has 0 bridgehead atoms. The molecule has 0 heterocycles. The number of ether oxygens (including phenoxy) is 1. The van der Waals surface area contributed by atoms with Crippen LogP contribution in [0.25, 0.3) is 0 Å². The highest BCUT2D eigenvalue weighted by Gasteiger charge is 2.22. The van der Waals surface area contributed by atoms with Gasteiger partial charge >= 0.3 is 0 Å². The van der Waals surface area contributed by atoms with Crippen LogP contribution in [0.1, 0.15) is 32.6 Å². The van der Waals surface area contributed by atoms with Gasteiger partial charge in [0.15, 0.2) is 0 Å². The molecular weight excluding hydrogens is 364 g/mol. The molecule has 0 aliphatic heterocycles. The van der Waals surface area contributed by atoms with E-state index in [4.69, 9.17) is 4.74 Å². The first-order chi connectivity index (χ1) is 12.7. The molecule has 7 heteroatoms. The number of rotatable bonds is 7. The molecule has 0 saturated heterocycles. The van der Waals surface area contributed by atoms with Gasteiger partial charge in [-0.05, 0) is 48.2 Å². The molecule has 0 fully saturated rings. The Morgan fingerprint density at radius 1 is 1.11 bits per heavy atom. The SMILES string of the molecule is COCc1cccc(CNC(=O)c2cc(C)c(C)c(S(=O)(=O)N(C)C)c2)c1. The van der Waals surface area contributed by atoms with E-state index in [1.807, 2.05) is 24.3 Å². The summed E-state index contributed by atoms with van der Waals surface area (Å²) >= 11 is 0.